The van der Waals surface area contributed by atoms with Gasteiger partial charge in [0.05, 0.1) is 24.6 Å². The highest BCUT2D eigenvalue weighted by atomic mass is 16.5. The Hall–Kier alpha value is -2.56. The number of ether oxygens (including phenoxy) is 1. The monoisotopic (exact) mass is 271 g/mol. The lowest BCUT2D eigenvalue weighted by atomic mass is 10.1. The van der Waals surface area contributed by atoms with Crippen molar-refractivity contribution in [1.29, 1.82) is 0 Å². The van der Waals surface area contributed by atoms with Crippen molar-refractivity contribution < 1.29 is 9.53 Å². The van der Waals surface area contributed by atoms with E-state index < -0.39 is 0 Å². The van der Waals surface area contributed by atoms with E-state index in [1.807, 2.05) is 19.9 Å². The van der Waals surface area contributed by atoms with Crippen molar-refractivity contribution in [3.05, 3.63) is 47.2 Å². The molecule has 5 nitrogen and oxygen atoms in total. The topological polar surface area (TPSA) is 77.2 Å². The lowest BCUT2D eigenvalue weighted by Gasteiger charge is -2.11. The molecule has 0 aliphatic carbocycles. The summed E-state index contributed by atoms with van der Waals surface area (Å²) in [4.78, 5) is 16.4. The number of benzene rings is 1. The fourth-order valence-corrected chi connectivity index (χ4v) is 1.90. The van der Waals surface area contributed by atoms with Crippen molar-refractivity contribution in [1.82, 2.24) is 4.98 Å². The average Bonchev–Trinajstić information content (AvgIpc) is 2.41. The van der Waals surface area contributed by atoms with E-state index in [-0.39, 0.29) is 5.91 Å². The molecule has 0 fully saturated rings. The summed E-state index contributed by atoms with van der Waals surface area (Å²) in [6.07, 6.45) is 1.51. The molecule has 104 valence electrons. The molecule has 0 atom stereocenters. The lowest BCUT2D eigenvalue weighted by Crippen LogP contribution is -2.15. The van der Waals surface area contributed by atoms with Crippen molar-refractivity contribution in [2.24, 2.45) is 0 Å². The lowest BCUT2D eigenvalue weighted by molar-refractivity contribution is 0.102. The molecule has 1 heterocycles. The number of methoxy groups -OCH3 is 1. The van der Waals surface area contributed by atoms with Gasteiger partial charge in [0.15, 0.2) is 0 Å². The molecule has 20 heavy (non-hydrogen) atoms. The molecule has 5 heteroatoms. The van der Waals surface area contributed by atoms with E-state index in [2.05, 4.69) is 10.3 Å². The molecule has 2 rings (SSSR count). The van der Waals surface area contributed by atoms with Crippen molar-refractivity contribution in [2.75, 3.05) is 18.2 Å². The zero-order valence-electron chi connectivity index (χ0n) is 11.7. The number of nitrogens with zero attached hydrogens (tertiary/aromatic N) is 1. The summed E-state index contributed by atoms with van der Waals surface area (Å²) in [5, 5.41) is 2.77. The predicted molar refractivity (Wildman–Crippen MR) is 79.1 cm³/mol. The molecule has 1 amide bonds. The van der Waals surface area contributed by atoms with E-state index in [0.29, 0.717) is 22.8 Å². The third-order valence-electron chi connectivity index (χ3n) is 2.93. The highest BCUT2D eigenvalue weighted by molar-refractivity contribution is 6.06. The van der Waals surface area contributed by atoms with Crippen molar-refractivity contribution in [2.45, 2.75) is 13.8 Å². The van der Waals surface area contributed by atoms with Gasteiger partial charge >= 0.3 is 0 Å². The van der Waals surface area contributed by atoms with Gasteiger partial charge in [0, 0.05) is 0 Å². The van der Waals surface area contributed by atoms with Crippen molar-refractivity contribution >= 4 is 17.4 Å². The number of pyridine rings is 1. The molecule has 0 saturated heterocycles. The molecular formula is C15H17N3O2. The van der Waals surface area contributed by atoms with Gasteiger partial charge in [-0.15, -0.1) is 0 Å². The molecule has 1 aromatic carbocycles. The van der Waals surface area contributed by atoms with Crippen LogP contribution in [0.25, 0.3) is 0 Å². The van der Waals surface area contributed by atoms with Gasteiger partial charge in [0.1, 0.15) is 11.6 Å². The summed E-state index contributed by atoms with van der Waals surface area (Å²) in [5.41, 5.74) is 8.47. The Morgan fingerprint density at radius 3 is 2.70 bits per heavy atom. The number of nitrogens with two attached hydrogens (primary N) is 1. The van der Waals surface area contributed by atoms with Gasteiger partial charge in [-0.2, -0.15) is 0 Å². The number of nitrogens with one attached hydrogen (secondary N) is 1. The zero-order valence-corrected chi connectivity index (χ0v) is 11.7. The molecule has 1 aromatic heterocycles. The number of carbonyl (C=O) groups excluding carboxylic acids is 1. The smallest absolute Gasteiger partial charge is 0.260 e. The number of amides is 1. The second kappa shape index (κ2) is 5.61. The maximum atomic E-state index is 12.3. The Kier molecular flexibility index (Phi) is 3.89. The predicted octanol–water partition coefficient (Wildman–Crippen LogP) is 2.54. The van der Waals surface area contributed by atoms with Crippen LogP contribution in [-0.4, -0.2) is 18.0 Å². The summed E-state index contributed by atoms with van der Waals surface area (Å²) >= 11 is 0. The van der Waals surface area contributed by atoms with Crippen LogP contribution in [0.1, 0.15) is 21.5 Å². The van der Waals surface area contributed by atoms with Gasteiger partial charge in [-0.3, -0.25) is 4.79 Å². The van der Waals surface area contributed by atoms with Gasteiger partial charge in [0.2, 0.25) is 0 Å². The standard InChI is InChI=1S/C15H17N3O2/c1-9-4-5-13(20-3)12(6-9)15(19)18-14-10(2)7-11(16)8-17-14/h4-8H,16H2,1-3H3,(H,17,18,19). The Balaban J connectivity index is 2.30. The first kappa shape index (κ1) is 13.9. The normalized spacial score (nSPS) is 10.2. The minimum atomic E-state index is -0.258. The van der Waals surface area contributed by atoms with E-state index in [0.717, 1.165) is 11.1 Å². The van der Waals surface area contributed by atoms with Crippen LogP contribution in [0.5, 0.6) is 5.75 Å². The third-order valence-corrected chi connectivity index (χ3v) is 2.93. The van der Waals surface area contributed by atoms with Crippen LogP contribution < -0.4 is 15.8 Å². The van der Waals surface area contributed by atoms with E-state index in [1.165, 1.54) is 13.3 Å². The largest absolute Gasteiger partial charge is 0.496 e. The van der Waals surface area contributed by atoms with Gasteiger partial charge < -0.3 is 15.8 Å². The Bertz CT molecular complexity index is 654. The Morgan fingerprint density at radius 1 is 1.30 bits per heavy atom. The number of anilines is 2. The van der Waals surface area contributed by atoms with Crippen LogP contribution in [0.3, 0.4) is 0 Å². The van der Waals surface area contributed by atoms with Crippen LogP contribution in [0.4, 0.5) is 11.5 Å². The number of hydrogen-bond donors (Lipinski definition) is 2. The SMILES string of the molecule is COc1ccc(C)cc1C(=O)Nc1ncc(N)cc1C. The van der Waals surface area contributed by atoms with Crippen molar-refractivity contribution in [3.63, 3.8) is 0 Å². The van der Waals surface area contributed by atoms with Crippen LogP contribution >= 0.6 is 0 Å². The fourth-order valence-electron chi connectivity index (χ4n) is 1.90. The molecule has 0 spiro atoms. The summed E-state index contributed by atoms with van der Waals surface area (Å²) in [6, 6.07) is 7.20. The summed E-state index contributed by atoms with van der Waals surface area (Å²) in [7, 11) is 1.54. The summed E-state index contributed by atoms with van der Waals surface area (Å²) in [6.45, 7) is 3.76. The number of hydrogen-bond acceptors (Lipinski definition) is 4. The summed E-state index contributed by atoms with van der Waals surface area (Å²) < 4.78 is 5.21. The summed E-state index contributed by atoms with van der Waals surface area (Å²) in [5.74, 6) is 0.764. The second-order valence-corrected chi connectivity index (χ2v) is 4.59. The molecular weight excluding hydrogens is 254 g/mol. The van der Waals surface area contributed by atoms with E-state index in [9.17, 15) is 4.79 Å². The highest BCUT2D eigenvalue weighted by Crippen LogP contribution is 2.22. The number of rotatable bonds is 3. The van der Waals surface area contributed by atoms with Gasteiger partial charge in [0.25, 0.3) is 5.91 Å². The van der Waals surface area contributed by atoms with Gasteiger partial charge in [-0.25, -0.2) is 4.98 Å². The molecule has 2 aromatic rings. The molecule has 0 aliphatic rings. The number of carbonyl (C=O) groups is 1. The molecule has 0 aliphatic heterocycles. The number of aromatic nitrogens is 1. The molecule has 0 unspecified atom stereocenters. The zero-order chi connectivity index (χ0) is 14.7. The first-order chi connectivity index (χ1) is 9.51. The molecule has 0 radical (unpaired) electrons. The van der Waals surface area contributed by atoms with E-state index in [4.69, 9.17) is 10.5 Å². The van der Waals surface area contributed by atoms with E-state index in [1.54, 1.807) is 18.2 Å². The minimum Gasteiger partial charge on any atom is -0.496 e. The number of nitrogen functional groups attached to an aromatic ring is 1. The highest BCUT2D eigenvalue weighted by Gasteiger charge is 2.14. The van der Waals surface area contributed by atoms with Crippen LogP contribution in [0.15, 0.2) is 30.5 Å². The molecule has 0 saturated carbocycles. The minimum absolute atomic E-state index is 0.258. The van der Waals surface area contributed by atoms with E-state index >= 15 is 0 Å². The maximum absolute atomic E-state index is 12.3. The van der Waals surface area contributed by atoms with Gasteiger partial charge in [-0.1, -0.05) is 11.6 Å². The Morgan fingerprint density at radius 2 is 2.05 bits per heavy atom. The average molecular weight is 271 g/mol. The van der Waals surface area contributed by atoms with Crippen LogP contribution in [-0.2, 0) is 0 Å². The third kappa shape index (κ3) is 2.88. The maximum Gasteiger partial charge on any atom is 0.260 e. The molecule has 0 bridgehead atoms. The fraction of sp³-hybridized carbons (Fsp3) is 0.200. The van der Waals surface area contributed by atoms with Crippen LogP contribution in [0.2, 0.25) is 0 Å². The second-order valence-electron chi connectivity index (χ2n) is 4.59. The van der Waals surface area contributed by atoms with Crippen LogP contribution in [0, 0.1) is 13.8 Å². The Labute approximate surface area is 117 Å². The quantitative estimate of drug-likeness (QED) is 0.899. The number of aryl methyl sites for hydroxylation is 2. The van der Waals surface area contributed by atoms with Crippen molar-refractivity contribution in [3.8, 4) is 5.75 Å². The first-order valence-electron chi connectivity index (χ1n) is 6.19. The first-order valence-corrected chi connectivity index (χ1v) is 6.19. The molecule has 3 N–H and O–H groups in total. The van der Waals surface area contributed by atoms with Gasteiger partial charge in [-0.05, 0) is 37.6 Å².